The van der Waals surface area contributed by atoms with Crippen LogP contribution in [0.25, 0.3) is 0 Å². The first-order valence-corrected chi connectivity index (χ1v) is 7.88. The number of carboxylic acid groups (broad SMARTS) is 1. The summed E-state index contributed by atoms with van der Waals surface area (Å²) in [5.74, 6) is -2.66. The molecule has 1 saturated heterocycles. The Morgan fingerprint density at radius 3 is 2.62 bits per heavy atom. The summed E-state index contributed by atoms with van der Waals surface area (Å²) < 4.78 is 39.8. The van der Waals surface area contributed by atoms with Gasteiger partial charge in [0.15, 0.2) is 0 Å². The van der Waals surface area contributed by atoms with E-state index in [0.29, 0.717) is 6.07 Å². The Hall–Kier alpha value is -1.51. The van der Waals surface area contributed by atoms with Crippen LogP contribution in [0.1, 0.15) is 23.7 Å². The highest BCUT2D eigenvalue weighted by molar-refractivity contribution is 7.89. The summed E-state index contributed by atoms with van der Waals surface area (Å²) in [7, 11) is -4.04. The van der Waals surface area contributed by atoms with Gasteiger partial charge in [-0.15, -0.1) is 0 Å². The number of sulfonamides is 1. The van der Waals surface area contributed by atoms with Gasteiger partial charge >= 0.3 is 5.97 Å². The lowest BCUT2D eigenvalue weighted by molar-refractivity contribution is 0.0627. The molecule has 1 aromatic rings. The summed E-state index contributed by atoms with van der Waals surface area (Å²) >= 11 is 0. The fourth-order valence-corrected chi connectivity index (χ4v) is 3.90. The van der Waals surface area contributed by atoms with Crippen molar-refractivity contribution in [3.63, 3.8) is 0 Å². The lowest BCUT2D eigenvalue weighted by Crippen LogP contribution is -2.45. The van der Waals surface area contributed by atoms with Crippen molar-refractivity contribution in [2.24, 2.45) is 5.92 Å². The summed E-state index contributed by atoms with van der Waals surface area (Å²) in [6.45, 7) is 1.92. The van der Waals surface area contributed by atoms with Gasteiger partial charge in [-0.25, -0.2) is 17.6 Å². The largest absolute Gasteiger partial charge is 0.478 e. The smallest absolute Gasteiger partial charge is 0.335 e. The van der Waals surface area contributed by atoms with Crippen molar-refractivity contribution in [3.8, 4) is 0 Å². The van der Waals surface area contributed by atoms with E-state index in [2.05, 4.69) is 0 Å². The summed E-state index contributed by atoms with van der Waals surface area (Å²) in [4.78, 5) is 10.2. The number of aliphatic hydroxyl groups is 1. The van der Waals surface area contributed by atoms with Gasteiger partial charge < -0.3 is 10.2 Å². The number of nitrogens with zero attached hydrogens (tertiary/aromatic N) is 1. The van der Waals surface area contributed by atoms with Crippen LogP contribution in [0, 0.1) is 11.7 Å². The van der Waals surface area contributed by atoms with E-state index in [1.807, 2.05) is 0 Å². The molecule has 0 aliphatic carbocycles. The molecule has 0 spiro atoms. The van der Waals surface area contributed by atoms with E-state index in [0.717, 1.165) is 16.4 Å². The summed E-state index contributed by atoms with van der Waals surface area (Å²) in [5, 5.41) is 18.4. The highest BCUT2D eigenvalue weighted by Gasteiger charge is 2.34. The highest BCUT2D eigenvalue weighted by Crippen LogP contribution is 2.25. The van der Waals surface area contributed by atoms with E-state index in [4.69, 9.17) is 5.11 Å². The van der Waals surface area contributed by atoms with Crippen LogP contribution in [-0.4, -0.2) is 48.1 Å². The van der Waals surface area contributed by atoms with Gasteiger partial charge in [0, 0.05) is 13.1 Å². The van der Waals surface area contributed by atoms with E-state index in [-0.39, 0.29) is 31.0 Å². The van der Waals surface area contributed by atoms with Gasteiger partial charge in [0.2, 0.25) is 10.0 Å². The Kier molecular flexibility index (Phi) is 4.31. The van der Waals surface area contributed by atoms with Gasteiger partial charge in [-0.2, -0.15) is 4.31 Å². The average molecular weight is 317 g/mol. The maximum Gasteiger partial charge on any atom is 0.335 e. The van der Waals surface area contributed by atoms with Crippen molar-refractivity contribution in [3.05, 3.63) is 29.6 Å². The van der Waals surface area contributed by atoms with Crippen LogP contribution in [0.2, 0.25) is 0 Å². The minimum atomic E-state index is -4.04. The standard InChI is InChI=1S/C13H16FNO5S/c1-8-7-15(5-4-11(8)16)21(19,20)12-3-2-9(13(17)18)6-10(12)14/h2-3,6,8,11,16H,4-5,7H2,1H3,(H,17,18). The second kappa shape index (κ2) is 5.70. The number of hydrogen-bond donors (Lipinski definition) is 2. The molecule has 1 heterocycles. The first kappa shape index (κ1) is 15.9. The molecule has 116 valence electrons. The number of hydrogen-bond acceptors (Lipinski definition) is 4. The molecular formula is C13H16FNO5S. The number of benzene rings is 1. The second-order valence-corrected chi connectivity index (χ2v) is 7.05. The molecule has 6 nitrogen and oxygen atoms in total. The van der Waals surface area contributed by atoms with E-state index in [1.165, 1.54) is 0 Å². The molecule has 2 atom stereocenters. The van der Waals surface area contributed by atoms with Gasteiger partial charge in [0.25, 0.3) is 0 Å². The van der Waals surface area contributed by atoms with Gasteiger partial charge in [-0.05, 0) is 30.5 Å². The lowest BCUT2D eigenvalue weighted by atomic mass is 9.99. The third-order valence-corrected chi connectivity index (χ3v) is 5.52. The van der Waals surface area contributed by atoms with E-state index in [1.54, 1.807) is 6.92 Å². The molecule has 1 aliphatic rings. The lowest BCUT2D eigenvalue weighted by Gasteiger charge is -2.33. The molecule has 0 bridgehead atoms. The number of aliphatic hydroxyl groups excluding tert-OH is 1. The predicted octanol–water partition coefficient (Wildman–Crippen LogP) is 0.915. The quantitative estimate of drug-likeness (QED) is 0.864. The topological polar surface area (TPSA) is 94.9 Å². The molecule has 0 saturated carbocycles. The number of halogens is 1. The van der Waals surface area contributed by atoms with Gasteiger partial charge in [-0.3, -0.25) is 0 Å². The molecule has 0 amide bonds. The fourth-order valence-electron chi connectivity index (χ4n) is 2.30. The molecule has 2 unspecified atom stereocenters. The molecule has 0 aromatic heterocycles. The van der Waals surface area contributed by atoms with Crippen molar-refractivity contribution >= 4 is 16.0 Å². The first-order valence-electron chi connectivity index (χ1n) is 6.44. The van der Waals surface area contributed by atoms with Crippen molar-refractivity contribution in [1.29, 1.82) is 0 Å². The zero-order valence-electron chi connectivity index (χ0n) is 11.4. The third kappa shape index (κ3) is 3.07. The Balaban J connectivity index is 2.34. The van der Waals surface area contributed by atoms with E-state index < -0.39 is 32.8 Å². The predicted molar refractivity (Wildman–Crippen MR) is 71.9 cm³/mol. The molecule has 2 N–H and O–H groups in total. The molecular weight excluding hydrogens is 301 g/mol. The van der Waals surface area contributed by atoms with Crippen LogP contribution in [0.4, 0.5) is 4.39 Å². The van der Waals surface area contributed by atoms with Crippen molar-refractivity contribution < 1.29 is 27.8 Å². The number of piperidine rings is 1. The van der Waals surface area contributed by atoms with Crippen molar-refractivity contribution in [1.82, 2.24) is 4.31 Å². The van der Waals surface area contributed by atoms with Gasteiger partial charge in [-0.1, -0.05) is 6.92 Å². The first-order chi connectivity index (χ1) is 9.73. The number of rotatable bonds is 3. The summed E-state index contributed by atoms with van der Waals surface area (Å²) in [6, 6.07) is 2.71. The molecule has 1 aliphatic heterocycles. The van der Waals surface area contributed by atoms with Crippen molar-refractivity contribution in [2.75, 3.05) is 13.1 Å². The van der Waals surface area contributed by atoms with Crippen LogP contribution in [0.5, 0.6) is 0 Å². The summed E-state index contributed by atoms with van der Waals surface area (Å²) in [6.07, 6.45) is -0.287. The Labute approximate surface area is 121 Å². The number of aromatic carboxylic acids is 1. The van der Waals surface area contributed by atoms with Crippen LogP contribution in [0.15, 0.2) is 23.1 Å². The normalized spacial score (nSPS) is 24.0. The number of carbonyl (C=O) groups is 1. The Bertz CT molecular complexity index is 661. The second-order valence-electron chi connectivity index (χ2n) is 5.15. The average Bonchev–Trinajstić information content (AvgIpc) is 2.41. The fraction of sp³-hybridized carbons (Fsp3) is 0.462. The van der Waals surface area contributed by atoms with Crippen LogP contribution in [0.3, 0.4) is 0 Å². The molecule has 2 rings (SSSR count). The maximum absolute atomic E-state index is 13.9. The number of carboxylic acids is 1. The van der Waals surface area contributed by atoms with Crippen LogP contribution >= 0.6 is 0 Å². The highest BCUT2D eigenvalue weighted by atomic mass is 32.2. The minimum absolute atomic E-state index is 0.101. The van der Waals surface area contributed by atoms with E-state index in [9.17, 15) is 22.7 Å². The monoisotopic (exact) mass is 317 g/mol. The summed E-state index contributed by atoms with van der Waals surface area (Å²) in [5.41, 5.74) is -0.311. The Morgan fingerprint density at radius 2 is 2.10 bits per heavy atom. The van der Waals surface area contributed by atoms with Gasteiger partial charge in [0.1, 0.15) is 10.7 Å². The van der Waals surface area contributed by atoms with E-state index >= 15 is 0 Å². The minimum Gasteiger partial charge on any atom is -0.478 e. The van der Waals surface area contributed by atoms with Gasteiger partial charge in [0.05, 0.1) is 11.7 Å². The molecule has 1 fully saturated rings. The Morgan fingerprint density at radius 1 is 1.43 bits per heavy atom. The molecule has 8 heteroatoms. The zero-order valence-corrected chi connectivity index (χ0v) is 12.2. The van der Waals surface area contributed by atoms with Crippen LogP contribution in [-0.2, 0) is 10.0 Å². The van der Waals surface area contributed by atoms with Crippen LogP contribution < -0.4 is 0 Å². The SMILES string of the molecule is CC1CN(S(=O)(=O)c2ccc(C(=O)O)cc2F)CCC1O. The molecule has 21 heavy (non-hydrogen) atoms. The molecule has 1 aromatic carbocycles. The maximum atomic E-state index is 13.9. The zero-order chi connectivity index (χ0) is 15.8. The molecule has 0 radical (unpaired) electrons. The van der Waals surface area contributed by atoms with Crippen molar-refractivity contribution in [2.45, 2.75) is 24.3 Å². The third-order valence-electron chi connectivity index (χ3n) is 3.62.